The minimum Gasteiger partial charge on any atom is -0.396 e. The molecule has 2 aliphatic rings. The molecule has 3 unspecified atom stereocenters. The third-order valence-corrected chi connectivity index (χ3v) is 5.19. The normalized spacial score (nSPS) is 32.1. The molecule has 0 heterocycles. The molecule has 0 aromatic heterocycles. The number of halogens is 1. The van der Waals surface area contributed by atoms with Crippen molar-refractivity contribution in [2.75, 3.05) is 6.61 Å². The van der Waals surface area contributed by atoms with E-state index in [0.717, 1.165) is 19.3 Å². The predicted molar refractivity (Wildman–Crippen MR) is 79.7 cm³/mol. The van der Waals surface area contributed by atoms with Gasteiger partial charge in [0.2, 0.25) is 0 Å². The van der Waals surface area contributed by atoms with Crippen molar-refractivity contribution in [2.45, 2.75) is 31.4 Å². The first kappa shape index (κ1) is 14.8. The van der Waals surface area contributed by atoms with Crippen LogP contribution in [0, 0.1) is 17.8 Å². The minimum atomic E-state index is -1.16. The number of rotatable bonds is 4. The SMILES string of the molecule is O=C(NC1C[C@H]2CC(CO)C[C@@H]12)C(O)c1ccc(Cl)cc1. The number of nitrogens with one attached hydrogen (secondary N) is 1. The Kier molecular flexibility index (Phi) is 4.20. The Morgan fingerprint density at radius 3 is 2.67 bits per heavy atom. The van der Waals surface area contributed by atoms with E-state index in [1.807, 2.05) is 0 Å². The number of hydrogen-bond acceptors (Lipinski definition) is 3. The lowest BCUT2D eigenvalue weighted by atomic mass is 9.71. The lowest BCUT2D eigenvalue weighted by Crippen LogP contribution is -2.51. The zero-order valence-corrected chi connectivity index (χ0v) is 12.5. The average molecular weight is 310 g/mol. The molecule has 3 N–H and O–H groups in total. The van der Waals surface area contributed by atoms with Crippen molar-refractivity contribution in [2.24, 2.45) is 17.8 Å². The second-order valence-electron chi connectivity index (χ2n) is 6.25. The maximum absolute atomic E-state index is 12.1. The lowest BCUT2D eigenvalue weighted by molar-refractivity contribution is -0.132. The minimum absolute atomic E-state index is 0.140. The third-order valence-electron chi connectivity index (χ3n) is 4.94. The van der Waals surface area contributed by atoms with Crippen molar-refractivity contribution in [3.63, 3.8) is 0 Å². The summed E-state index contributed by atoms with van der Waals surface area (Å²) < 4.78 is 0. The molecule has 1 amide bonds. The number of aliphatic hydroxyl groups is 2. The Balaban J connectivity index is 1.56. The van der Waals surface area contributed by atoms with Crippen molar-refractivity contribution < 1.29 is 15.0 Å². The van der Waals surface area contributed by atoms with Gasteiger partial charge >= 0.3 is 0 Å². The molecule has 21 heavy (non-hydrogen) atoms. The van der Waals surface area contributed by atoms with E-state index in [1.165, 1.54) is 0 Å². The van der Waals surface area contributed by atoms with Gasteiger partial charge in [-0.15, -0.1) is 0 Å². The zero-order chi connectivity index (χ0) is 15.0. The standard InChI is InChI=1S/C16H20ClNO3/c17-12-3-1-10(2-4-12)15(20)16(21)18-14-7-11-5-9(8-19)6-13(11)14/h1-4,9,11,13-15,19-20H,5-8H2,(H,18,21)/t9?,11-,13-,14?,15?/m1/s1. The number of carbonyl (C=O) groups is 1. The predicted octanol–water partition coefficient (Wildman–Crippen LogP) is 1.90. The summed E-state index contributed by atoms with van der Waals surface area (Å²) >= 11 is 5.80. The number of fused-ring (bicyclic) bond motifs is 1. The fraction of sp³-hybridized carbons (Fsp3) is 0.562. The Labute approximate surface area is 129 Å². The quantitative estimate of drug-likeness (QED) is 0.795. The molecular formula is C16H20ClNO3. The van der Waals surface area contributed by atoms with E-state index in [1.54, 1.807) is 24.3 Å². The van der Waals surface area contributed by atoms with Gasteiger partial charge in [0.1, 0.15) is 0 Å². The number of hydrogen-bond donors (Lipinski definition) is 3. The van der Waals surface area contributed by atoms with Crippen LogP contribution < -0.4 is 5.32 Å². The van der Waals surface area contributed by atoms with E-state index >= 15 is 0 Å². The molecule has 0 spiro atoms. The second-order valence-corrected chi connectivity index (χ2v) is 6.69. The highest BCUT2D eigenvalue weighted by Gasteiger charge is 2.48. The highest BCUT2D eigenvalue weighted by Crippen LogP contribution is 2.49. The first-order valence-corrected chi connectivity index (χ1v) is 7.81. The topological polar surface area (TPSA) is 69.6 Å². The molecule has 2 saturated carbocycles. The maximum atomic E-state index is 12.1. The van der Waals surface area contributed by atoms with Gasteiger partial charge < -0.3 is 15.5 Å². The van der Waals surface area contributed by atoms with Crippen molar-refractivity contribution in [1.29, 1.82) is 0 Å². The van der Waals surface area contributed by atoms with Crippen LogP contribution in [-0.2, 0) is 4.79 Å². The van der Waals surface area contributed by atoms with Crippen LogP contribution in [-0.4, -0.2) is 28.8 Å². The summed E-state index contributed by atoms with van der Waals surface area (Å²) in [6, 6.07) is 6.78. The Bertz CT molecular complexity index is 519. The third kappa shape index (κ3) is 2.93. The Morgan fingerprint density at radius 2 is 2.00 bits per heavy atom. The first-order chi connectivity index (χ1) is 10.1. The molecule has 2 fully saturated rings. The van der Waals surface area contributed by atoms with Crippen molar-refractivity contribution in [3.8, 4) is 0 Å². The molecule has 1 aromatic carbocycles. The largest absolute Gasteiger partial charge is 0.396 e. The molecule has 4 nitrogen and oxygen atoms in total. The van der Waals surface area contributed by atoms with Gasteiger partial charge in [0, 0.05) is 17.7 Å². The summed E-state index contributed by atoms with van der Waals surface area (Å²) in [6.45, 7) is 0.237. The fourth-order valence-corrected chi connectivity index (χ4v) is 3.84. The van der Waals surface area contributed by atoms with E-state index < -0.39 is 6.10 Å². The molecule has 0 radical (unpaired) electrons. The zero-order valence-electron chi connectivity index (χ0n) is 11.7. The Morgan fingerprint density at radius 1 is 1.29 bits per heavy atom. The van der Waals surface area contributed by atoms with Crippen LogP contribution in [0.2, 0.25) is 5.02 Å². The molecule has 0 bridgehead atoms. The highest BCUT2D eigenvalue weighted by atomic mass is 35.5. The van der Waals surface area contributed by atoms with Gasteiger partial charge in [-0.25, -0.2) is 0 Å². The van der Waals surface area contributed by atoms with Crippen molar-refractivity contribution in [1.82, 2.24) is 5.32 Å². The smallest absolute Gasteiger partial charge is 0.253 e. The summed E-state index contributed by atoms with van der Waals surface area (Å²) in [5.74, 6) is 1.11. The molecule has 5 atom stereocenters. The average Bonchev–Trinajstić information content (AvgIpc) is 2.81. The molecule has 2 aliphatic carbocycles. The van der Waals surface area contributed by atoms with Crippen molar-refractivity contribution >= 4 is 17.5 Å². The highest BCUT2D eigenvalue weighted by molar-refractivity contribution is 6.30. The molecule has 0 saturated heterocycles. The van der Waals surface area contributed by atoms with Gasteiger partial charge in [0.05, 0.1) is 0 Å². The number of benzene rings is 1. The maximum Gasteiger partial charge on any atom is 0.253 e. The summed E-state index contributed by atoms with van der Waals surface area (Å²) in [4.78, 5) is 12.1. The first-order valence-electron chi connectivity index (χ1n) is 7.43. The summed E-state index contributed by atoms with van der Waals surface area (Å²) in [7, 11) is 0. The van der Waals surface area contributed by atoms with Crippen LogP contribution in [0.5, 0.6) is 0 Å². The van der Waals surface area contributed by atoms with Gasteiger partial charge in [0.25, 0.3) is 5.91 Å². The summed E-state index contributed by atoms with van der Waals surface area (Å²) in [6.07, 6.45) is 1.84. The monoisotopic (exact) mass is 309 g/mol. The van der Waals surface area contributed by atoms with Crippen LogP contribution >= 0.6 is 11.6 Å². The molecule has 3 rings (SSSR count). The lowest BCUT2D eigenvalue weighted by Gasteiger charge is -2.41. The Hall–Kier alpha value is -1.10. The van der Waals surface area contributed by atoms with Gasteiger partial charge in [0.15, 0.2) is 6.10 Å². The molecular weight excluding hydrogens is 290 g/mol. The van der Waals surface area contributed by atoms with E-state index in [2.05, 4.69) is 5.32 Å². The van der Waals surface area contributed by atoms with E-state index in [4.69, 9.17) is 11.6 Å². The molecule has 0 aliphatic heterocycles. The molecule has 114 valence electrons. The van der Waals surface area contributed by atoms with Crippen molar-refractivity contribution in [3.05, 3.63) is 34.9 Å². The van der Waals surface area contributed by atoms with Gasteiger partial charge in [-0.05, 0) is 54.7 Å². The number of aliphatic hydroxyl groups excluding tert-OH is 2. The number of amides is 1. The molecule has 1 aromatic rings. The van der Waals surface area contributed by atoms with Crippen LogP contribution in [0.1, 0.15) is 30.9 Å². The van der Waals surface area contributed by atoms with Crippen LogP contribution in [0.3, 0.4) is 0 Å². The van der Waals surface area contributed by atoms with Gasteiger partial charge in [-0.2, -0.15) is 0 Å². The van der Waals surface area contributed by atoms with Gasteiger partial charge in [-0.1, -0.05) is 23.7 Å². The van der Waals surface area contributed by atoms with Crippen LogP contribution in [0.4, 0.5) is 0 Å². The van der Waals surface area contributed by atoms with Gasteiger partial charge in [-0.3, -0.25) is 4.79 Å². The van der Waals surface area contributed by atoms with E-state index in [9.17, 15) is 15.0 Å². The number of carbonyl (C=O) groups excluding carboxylic acids is 1. The fourth-order valence-electron chi connectivity index (χ4n) is 3.72. The summed E-state index contributed by atoms with van der Waals surface area (Å²) in [5.41, 5.74) is 0.549. The summed E-state index contributed by atoms with van der Waals surface area (Å²) in [5, 5.41) is 22.8. The van der Waals surface area contributed by atoms with Crippen LogP contribution in [0.25, 0.3) is 0 Å². The van der Waals surface area contributed by atoms with Crippen LogP contribution in [0.15, 0.2) is 24.3 Å². The van der Waals surface area contributed by atoms with E-state index in [0.29, 0.717) is 28.3 Å². The second kappa shape index (κ2) is 5.95. The molecule has 5 heteroatoms. The van der Waals surface area contributed by atoms with E-state index in [-0.39, 0.29) is 18.6 Å².